The fourth-order valence-corrected chi connectivity index (χ4v) is 2.42. The molecule has 1 unspecified atom stereocenters. The zero-order chi connectivity index (χ0) is 12.3. The van der Waals surface area contributed by atoms with Gasteiger partial charge in [-0.3, -0.25) is 4.21 Å². The van der Waals surface area contributed by atoms with Crippen LogP contribution in [-0.2, 0) is 16.6 Å². The molecule has 0 saturated carbocycles. The molecule has 0 aliphatic heterocycles. The Kier molecular flexibility index (Phi) is 3.43. The van der Waals surface area contributed by atoms with Crippen molar-refractivity contribution in [1.29, 1.82) is 0 Å². The number of hydrogen-bond acceptors (Lipinski definition) is 4. The first kappa shape index (κ1) is 11.7. The summed E-state index contributed by atoms with van der Waals surface area (Å²) in [6, 6.07) is 5.47. The zero-order valence-electron chi connectivity index (χ0n) is 8.84. The van der Waals surface area contributed by atoms with E-state index in [9.17, 15) is 8.60 Å². The van der Waals surface area contributed by atoms with E-state index in [-0.39, 0.29) is 10.6 Å². The number of nitrogen functional groups attached to an aromatic ring is 1. The molecule has 2 aromatic rings. The summed E-state index contributed by atoms with van der Waals surface area (Å²) < 4.78 is 25.0. The first-order chi connectivity index (χ1) is 8.16. The van der Waals surface area contributed by atoms with Crippen LogP contribution in [0, 0.1) is 5.82 Å². The highest BCUT2D eigenvalue weighted by Crippen LogP contribution is 2.19. The summed E-state index contributed by atoms with van der Waals surface area (Å²) in [5.74, 6) is 0.0973. The van der Waals surface area contributed by atoms with Gasteiger partial charge in [-0.1, -0.05) is 0 Å². The molecule has 0 saturated heterocycles. The van der Waals surface area contributed by atoms with Gasteiger partial charge >= 0.3 is 0 Å². The molecule has 0 aliphatic rings. The zero-order valence-corrected chi connectivity index (χ0v) is 9.65. The van der Waals surface area contributed by atoms with Gasteiger partial charge in [0, 0.05) is 18.1 Å². The van der Waals surface area contributed by atoms with Gasteiger partial charge in [0.1, 0.15) is 11.6 Å². The lowest BCUT2D eigenvalue weighted by molar-refractivity contribution is 0.623. The predicted molar refractivity (Wildman–Crippen MR) is 63.0 cm³/mol. The first-order valence-corrected chi connectivity index (χ1v) is 6.18. The van der Waals surface area contributed by atoms with Crippen LogP contribution in [0.4, 0.5) is 10.1 Å². The highest BCUT2D eigenvalue weighted by atomic mass is 32.2. The molecule has 2 rings (SSSR count). The molecule has 0 aliphatic carbocycles. The third-order valence-electron chi connectivity index (χ3n) is 2.10. The Morgan fingerprint density at radius 1 is 1.29 bits per heavy atom. The molecule has 1 aromatic heterocycles. The van der Waals surface area contributed by atoms with E-state index >= 15 is 0 Å². The van der Waals surface area contributed by atoms with E-state index < -0.39 is 16.6 Å². The van der Waals surface area contributed by atoms with Gasteiger partial charge in [0.15, 0.2) is 0 Å². The van der Waals surface area contributed by atoms with Gasteiger partial charge in [0.2, 0.25) is 0 Å². The Balaban J connectivity index is 2.23. The van der Waals surface area contributed by atoms with Crippen LogP contribution in [0.5, 0.6) is 0 Å². The number of hydrogen-bond donors (Lipinski definition) is 1. The molecular formula is C11H10FN3OS. The minimum absolute atomic E-state index is 0.120. The minimum Gasteiger partial charge on any atom is -0.398 e. The van der Waals surface area contributed by atoms with Crippen LogP contribution in [0.2, 0.25) is 0 Å². The molecule has 1 aromatic carbocycles. The van der Waals surface area contributed by atoms with Gasteiger partial charge in [-0.05, 0) is 24.3 Å². The third kappa shape index (κ3) is 2.85. The van der Waals surface area contributed by atoms with Crippen LogP contribution in [0.25, 0.3) is 0 Å². The number of anilines is 1. The molecule has 2 N–H and O–H groups in total. The monoisotopic (exact) mass is 251 g/mol. The second kappa shape index (κ2) is 5.01. The molecule has 1 atom stereocenters. The lowest BCUT2D eigenvalue weighted by Crippen LogP contribution is -2.04. The Hall–Kier alpha value is -1.82. The van der Waals surface area contributed by atoms with E-state index in [1.807, 2.05) is 0 Å². The average Bonchev–Trinajstić information content (AvgIpc) is 2.33. The van der Waals surface area contributed by atoms with Crippen molar-refractivity contribution in [3.63, 3.8) is 0 Å². The van der Waals surface area contributed by atoms with Crippen molar-refractivity contribution in [1.82, 2.24) is 9.97 Å². The summed E-state index contributed by atoms with van der Waals surface area (Å²) in [5, 5.41) is 0. The number of rotatable bonds is 3. The first-order valence-electron chi connectivity index (χ1n) is 4.86. The Morgan fingerprint density at radius 3 is 2.71 bits per heavy atom. The molecule has 17 heavy (non-hydrogen) atoms. The van der Waals surface area contributed by atoms with Gasteiger partial charge < -0.3 is 5.73 Å². The van der Waals surface area contributed by atoms with Gasteiger partial charge in [-0.25, -0.2) is 14.4 Å². The van der Waals surface area contributed by atoms with Crippen molar-refractivity contribution in [2.24, 2.45) is 0 Å². The molecule has 1 heterocycles. The van der Waals surface area contributed by atoms with E-state index in [0.29, 0.717) is 11.5 Å². The van der Waals surface area contributed by atoms with Crippen LogP contribution in [0.1, 0.15) is 5.82 Å². The minimum atomic E-state index is -1.45. The molecule has 4 nitrogen and oxygen atoms in total. The van der Waals surface area contributed by atoms with Crippen molar-refractivity contribution < 1.29 is 8.60 Å². The summed E-state index contributed by atoms with van der Waals surface area (Å²) in [5.41, 5.74) is 5.95. The maximum absolute atomic E-state index is 13.0. The second-order valence-corrected chi connectivity index (χ2v) is 4.76. The summed E-state index contributed by atoms with van der Waals surface area (Å²) in [6.07, 6.45) is 3.13. The molecule has 0 amide bonds. The molecule has 6 heteroatoms. The molecule has 0 fully saturated rings. The molecule has 0 bridgehead atoms. The van der Waals surface area contributed by atoms with Crippen LogP contribution in [-0.4, -0.2) is 14.2 Å². The van der Waals surface area contributed by atoms with E-state index in [1.165, 1.54) is 18.2 Å². The number of benzene rings is 1. The van der Waals surface area contributed by atoms with Crippen molar-refractivity contribution in [2.75, 3.05) is 5.73 Å². The van der Waals surface area contributed by atoms with Gasteiger partial charge in [0.25, 0.3) is 0 Å². The van der Waals surface area contributed by atoms with Crippen LogP contribution in [0.3, 0.4) is 0 Å². The molecule has 0 radical (unpaired) electrons. The number of aromatic nitrogens is 2. The second-order valence-electron chi connectivity index (χ2n) is 3.34. The van der Waals surface area contributed by atoms with Crippen LogP contribution >= 0.6 is 0 Å². The topological polar surface area (TPSA) is 68.9 Å². The van der Waals surface area contributed by atoms with E-state index in [1.54, 1.807) is 18.5 Å². The van der Waals surface area contributed by atoms with Gasteiger partial charge in [-0.15, -0.1) is 0 Å². The van der Waals surface area contributed by atoms with E-state index in [0.717, 1.165) is 0 Å². The van der Waals surface area contributed by atoms with E-state index in [4.69, 9.17) is 5.73 Å². The maximum atomic E-state index is 13.0. The highest BCUT2D eigenvalue weighted by Gasteiger charge is 2.11. The number of nitrogens with two attached hydrogens (primary N) is 1. The fraction of sp³-hybridized carbons (Fsp3) is 0.0909. The number of halogens is 1. The lowest BCUT2D eigenvalue weighted by atomic mass is 10.3. The van der Waals surface area contributed by atoms with Crippen molar-refractivity contribution in [3.8, 4) is 0 Å². The maximum Gasteiger partial charge on any atom is 0.141 e. The Bertz CT molecular complexity index is 548. The summed E-state index contributed by atoms with van der Waals surface area (Å²) in [6.45, 7) is 0. The molecule has 88 valence electrons. The summed E-state index contributed by atoms with van der Waals surface area (Å²) in [7, 11) is -1.45. The summed E-state index contributed by atoms with van der Waals surface area (Å²) >= 11 is 0. The normalized spacial score (nSPS) is 12.3. The lowest BCUT2D eigenvalue weighted by Gasteiger charge is -2.04. The largest absolute Gasteiger partial charge is 0.398 e. The molecular weight excluding hydrogens is 241 g/mol. The smallest absolute Gasteiger partial charge is 0.141 e. The standard InChI is InChI=1S/C11H10FN3OS/c12-8-2-3-9(13)10(6-8)17(16)7-11-14-4-1-5-15-11/h1-6H,7,13H2. The van der Waals surface area contributed by atoms with E-state index in [2.05, 4.69) is 9.97 Å². The third-order valence-corrected chi connectivity index (χ3v) is 3.46. The van der Waals surface area contributed by atoms with Crippen molar-refractivity contribution in [2.45, 2.75) is 10.6 Å². The van der Waals surface area contributed by atoms with Gasteiger partial charge in [-0.2, -0.15) is 0 Å². The van der Waals surface area contributed by atoms with Crippen molar-refractivity contribution >= 4 is 16.5 Å². The van der Waals surface area contributed by atoms with Crippen molar-refractivity contribution in [3.05, 3.63) is 48.3 Å². The van der Waals surface area contributed by atoms with Crippen LogP contribution in [0.15, 0.2) is 41.6 Å². The summed E-state index contributed by atoms with van der Waals surface area (Å²) in [4.78, 5) is 8.19. The fourth-order valence-electron chi connectivity index (χ4n) is 1.30. The number of nitrogens with zero attached hydrogens (tertiary/aromatic N) is 2. The Labute approximate surface area is 100 Å². The van der Waals surface area contributed by atoms with Crippen LogP contribution < -0.4 is 5.73 Å². The SMILES string of the molecule is Nc1ccc(F)cc1S(=O)Cc1ncccn1. The van der Waals surface area contributed by atoms with Gasteiger partial charge in [0.05, 0.1) is 21.4 Å². The molecule has 0 spiro atoms. The highest BCUT2D eigenvalue weighted by molar-refractivity contribution is 7.84. The predicted octanol–water partition coefficient (Wildman–Crippen LogP) is 1.51. The quantitative estimate of drug-likeness (QED) is 0.839. The average molecular weight is 251 g/mol. The Morgan fingerprint density at radius 2 is 2.00 bits per heavy atom.